The van der Waals surface area contributed by atoms with Crippen LogP contribution in [0.2, 0.25) is 0 Å². The first-order chi connectivity index (χ1) is 10.1. The third kappa shape index (κ3) is 4.29. The largest absolute Gasteiger partial charge is 0.340 e. The minimum absolute atomic E-state index is 0.121. The fourth-order valence-corrected chi connectivity index (χ4v) is 2.50. The van der Waals surface area contributed by atoms with Crippen LogP contribution in [0, 0.1) is 0 Å². The minimum Gasteiger partial charge on any atom is -0.340 e. The highest BCUT2D eigenvalue weighted by Gasteiger charge is 2.19. The Morgan fingerprint density at radius 1 is 1.10 bits per heavy atom. The van der Waals surface area contributed by atoms with E-state index in [1.807, 2.05) is 42.3 Å². The summed E-state index contributed by atoms with van der Waals surface area (Å²) in [5.74, 6) is 0.254. The van der Waals surface area contributed by atoms with Crippen LogP contribution in [-0.4, -0.2) is 61.4 Å². The van der Waals surface area contributed by atoms with Crippen molar-refractivity contribution in [1.29, 1.82) is 0 Å². The molecule has 0 N–H and O–H groups in total. The Hall–Kier alpha value is -1.88. The first-order valence-electron chi connectivity index (χ1n) is 7.37. The van der Waals surface area contributed by atoms with Crippen molar-refractivity contribution in [2.75, 3.05) is 44.7 Å². The van der Waals surface area contributed by atoms with Gasteiger partial charge in [0.1, 0.15) is 0 Å². The summed E-state index contributed by atoms with van der Waals surface area (Å²) in [6, 6.07) is 9.67. The van der Waals surface area contributed by atoms with Crippen molar-refractivity contribution in [3.8, 4) is 0 Å². The van der Waals surface area contributed by atoms with Crippen molar-refractivity contribution < 1.29 is 9.59 Å². The van der Waals surface area contributed by atoms with Gasteiger partial charge in [0, 0.05) is 58.8 Å². The van der Waals surface area contributed by atoms with Gasteiger partial charge in [0.25, 0.3) is 0 Å². The summed E-state index contributed by atoms with van der Waals surface area (Å²) in [5.41, 5.74) is 0.920. The number of piperazine rings is 1. The molecule has 0 atom stereocenters. The van der Waals surface area contributed by atoms with Gasteiger partial charge < -0.3 is 9.80 Å². The zero-order chi connectivity index (χ0) is 15.2. The summed E-state index contributed by atoms with van der Waals surface area (Å²) in [6.45, 7) is 5.58. The van der Waals surface area contributed by atoms with Crippen molar-refractivity contribution in [2.45, 2.75) is 13.3 Å². The molecule has 0 spiro atoms. The molecule has 5 heteroatoms. The Kier molecular flexibility index (Phi) is 5.33. The number of anilines is 1. The quantitative estimate of drug-likeness (QED) is 0.836. The van der Waals surface area contributed by atoms with Crippen molar-refractivity contribution >= 4 is 17.5 Å². The fraction of sp³-hybridized carbons (Fsp3) is 0.500. The average molecular weight is 289 g/mol. The SMILES string of the molecule is CC(=O)N1CCN(CCC(=O)N(C)c2ccccc2)CC1. The maximum absolute atomic E-state index is 12.2. The van der Waals surface area contributed by atoms with Gasteiger partial charge in [-0.3, -0.25) is 14.5 Å². The molecule has 1 fully saturated rings. The summed E-state index contributed by atoms with van der Waals surface area (Å²) in [7, 11) is 1.81. The number of amides is 2. The summed E-state index contributed by atoms with van der Waals surface area (Å²) in [6.07, 6.45) is 0.505. The van der Waals surface area contributed by atoms with Crippen LogP contribution in [-0.2, 0) is 9.59 Å². The highest BCUT2D eigenvalue weighted by molar-refractivity contribution is 5.92. The van der Waals surface area contributed by atoms with Gasteiger partial charge in [0.15, 0.2) is 0 Å². The molecule has 5 nitrogen and oxygen atoms in total. The Morgan fingerprint density at radius 2 is 1.71 bits per heavy atom. The van der Waals surface area contributed by atoms with Crippen molar-refractivity contribution in [2.24, 2.45) is 0 Å². The van der Waals surface area contributed by atoms with E-state index < -0.39 is 0 Å². The molecular formula is C16H23N3O2. The van der Waals surface area contributed by atoms with E-state index in [1.165, 1.54) is 0 Å². The van der Waals surface area contributed by atoms with E-state index in [-0.39, 0.29) is 11.8 Å². The Labute approximate surface area is 126 Å². The summed E-state index contributed by atoms with van der Waals surface area (Å²) in [4.78, 5) is 29.3. The summed E-state index contributed by atoms with van der Waals surface area (Å²) in [5, 5.41) is 0. The Bertz CT molecular complexity index is 482. The second kappa shape index (κ2) is 7.22. The highest BCUT2D eigenvalue weighted by Crippen LogP contribution is 2.12. The van der Waals surface area contributed by atoms with Crippen LogP contribution in [0.4, 0.5) is 5.69 Å². The number of carbonyl (C=O) groups is 2. The van der Waals surface area contributed by atoms with E-state index in [4.69, 9.17) is 0 Å². The molecule has 0 unspecified atom stereocenters. The molecule has 1 heterocycles. The molecule has 2 amide bonds. The smallest absolute Gasteiger partial charge is 0.228 e. The molecule has 1 aliphatic heterocycles. The lowest BCUT2D eigenvalue weighted by atomic mass is 10.2. The normalized spacial score (nSPS) is 15.8. The Balaban J connectivity index is 1.76. The molecule has 1 saturated heterocycles. The lowest BCUT2D eigenvalue weighted by Crippen LogP contribution is -2.48. The van der Waals surface area contributed by atoms with Crippen LogP contribution in [0.1, 0.15) is 13.3 Å². The second-order valence-electron chi connectivity index (χ2n) is 5.39. The van der Waals surface area contributed by atoms with E-state index >= 15 is 0 Å². The molecule has 1 aromatic carbocycles. The van der Waals surface area contributed by atoms with E-state index in [0.29, 0.717) is 6.42 Å². The van der Waals surface area contributed by atoms with Crippen LogP contribution in [0.25, 0.3) is 0 Å². The first-order valence-corrected chi connectivity index (χ1v) is 7.37. The summed E-state index contributed by atoms with van der Waals surface area (Å²) < 4.78 is 0. The predicted molar refractivity (Wildman–Crippen MR) is 83.2 cm³/mol. The monoisotopic (exact) mass is 289 g/mol. The van der Waals surface area contributed by atoms with Gasteiger partial charge in [-0.15, -0.1) is 0 Å². The van der Waals surface area contributed by atoms with E-state index in [0.717, 1.165) is 38.4 Å². The highest BCUT2D eigenvalue weighted by atomic mass is 16.2. The first kappa shape index (κ1) is 15.5. The number of nitrogens with zero attached hydrogens (tertiary/aromatic N) is 3. The lowest BCUT2D eigenvalue weighted by molar-refractivity contribution is -0.130. The minimum atomic E-state index is 0.121. The number of para-hydroxylation sites is 1. The van der Waals surface area contributed by atoms with E-state index in [1.54, 1.807) is 11.8 Å². The average Bonchev–Trinajstić information content (AvgIpc) is 2.53. The van der Waals surface area contributed by atoms with Crippen molar-refractivity contribution in [3.63, 3.8) is 0 Å². The van der Waals surface area contributed by atoms with Gasteiger partial charge in [-0.2, -0.15) is 0 Å². The van der Waals surface area contributed by atoms with Gasteiger partial charge in [-0.1, -0.05) is 18.2 Å². The zero-order valence-corrected chi connectivity index (χ0v) is 12.8. The Morgan fingerprint density at radius 3 is 2.29 bits per heavy atom. The maximum Gasteiger partial charge on any atom is 0.228 e. The molecule has 0 saturated carbocycles. The summed E-state index contributed by atoms with van der Waals surface area (Å²) >= 11 is 0. The molecule has 1 aromatic rings. The zero-order valence-electron chi connectivity index (χ0n) is 12.8. The fourth-order valence-electron chi connectivity index (χ4n) is 2.50. The van der Waals surface area contributed by atoms with Crippen molar-refractivity contribution in [1.82, 2.24) is 9.80 Å². The number of carbonyl (C=O) groups excluding carboxylic acids is 2. The van der Waals surface area contributed by atoms with E-state index in [9.17, 15) is 9.59 Å². The number of hydrogen-bond donors (Lipinski definition) is 0. The standard InChI is InChI=1S/C16H23N3O2/c1-14(20)19-12-10-18(11-13-19)9-8-16(21)17(2)15-6-4-3-5-7-15/h3-7H,8-13H2,1-2H3. The van der Waals surface area contributed by atoms with E-state index in [2.05, 4.69) is 4.90 Å². The van der Waals surface area contributed by atoms with Crippen LogP contribution in [0.5, 0.6) is 0 Å². The van der Waals surface area contributed by atoms with Gasteiger partial charge in [-0.05, 0) is 12.1 Å². The molecule has 2 rings (SSSR count). The number of rotatable bonds is 4. The molecule has 21 heavy (non-hydrogen) atoms. The van der Waals surface area contributed by atoms with Crippen LogP contribution in [0.15, 0.2) is 30.3 Å². The molecule has 0 aromatic heterocycles. The van der Waals surface area contributed by atoms with Gasteiger partial charge in [-0.25, -0.2) is 0 Å². The van der Waals surface area contributed by atoms with Crippen LogP contribution >= 0.6 is 0 Å². The third-order valence-electron chi connectivity index (χ3n) is 3.98. The van der Waals surface area contributed by atoms with Gasteiger partial charge in [0.2, 0.25) is 11.8 Å². The third-order valence-corrected chi connectivity index (χ3v) is 3.98. The number of benzene rings is 1. The molecule has 0 radical (unpaired) electrons. The van der Waals surface area contributed by atoms with Crippen LogP contribution in [0.3, 0.4) is 0 Å². The van der Waals surface area contributed by atoms with Crippen molar-refractivity contribution in [3.05, 3.63) is 30.3 Å². The van der Waals surface area contributed by atoms with Crippen LogP contribution < -0.4 is 4.90 Å². The predicted octanol–water partition coefficient (Wildman–Crippen LogP) is 1.20. The molecule has 0 bridgehead atoms. The molecule has 1 aliphatic rings. The lowest BCUT2D eigenvalue weighted by Gasteiger charge is -2.34. The molecular weight excluding hydrogens is 266 g/mol. The molecule has 114 valence electrons. The molecule has 0 aliphatic carbocycles. The van der Waals surface area contributed by atoms with Gasteiger partial charge >= 0.3 is 0 Å². The number of hydrogen-bond acceptors (Lipinski definition) is 3. The second-order valence-corrected chi connectivity index (χ2v) is 5.39. The topological polar surface area (TPSA) is 43.9 Å². The maximum atomic E-state index is 12.2. The van der Waals surface area contributed by atoms with Gasteiger partial charge in [0.05, 0.1) is 0 Å².